The van der Waals surface area contributed by atoms with E-state index < -0.39 is 0 Å². The zero-order valence-electron chi connectivity index (χ0n) is 17.7. The van der Waals surface area contributed by atoms with Crippen LogP contribution in [0.4, 0.5) is 5.69 Å². The van der Waals surface area contributed by atoms with Crippen LogP contribution >= 0.6 is 24.0 Å². The van der Waals surface area contributed by atoms with Crippen LogP contribution in [-0.2, 0) is 6.42 Å². The van der Waals surface area contributed by atoms with Crippen LogP contribution in [0.1, 0.15) is 18.3 Å². The summed E-state index contributed by atoms with van der Waals surface area (Å²) in [5.41, 5.74) is 3.50. The Morgan fingerprint density at radius 3 is 2.67 bits per heavy atom. The maximum absolute atomic E-state index is 4.86. The summed E-state index contributed by atoms with van der Waals surface area (Å²) >= 11 is 0. The third-order valence-electron chi connectivity index (χ3n) is 5.26. The lowest BCUT2D eigenvalue weighted by Crippen LogP contribution is -2.52. The molecule has 0 aliphatic carbocycles. The summed E-state index contributed by atoms with van der Waals surface area (Å²) in [6, 6.07) is 14.7. The van der Waals surface area contributed by atoms with E-state index in [2.05, 4.69) is 63.4 Å². The van der Waals surface area contributed by atoms with Crippen molar-refractivity contribution in [3.8, 4) is 0 Å². The first-order valence-corrected chi connectivity index (χ1v) is 10.4. The fourth-order valence-corrected chi connectivity index (χ4v) is 3.75. The molecule has 4 rings (SSSR count). The lowest BCUT2D eigenvalue weighted by Gasteiger charge is -2.37. The smallest absolute Gasteiger partial charge is 0.194 e. The van der Waals surface area contributed by atoms with Crippen molar-refractivity contribution in [1.29, 1.82) is 0 Å². The maximum Gasteiger partial charge on any atom is 0.194 e. The van der Waals surface area contributed by atoms with E-state index >= 15 is 0 Å². The highest BCUT2D eigenvalue weighted by Gasteiger charge is 2.20. The first-order chi connectivity index (χ1) is 14.2. The largest absolute Gasteiger partial charge is 0.368 e. The number of halogens is 1. The number of pyridine rings is 1. The van der Waals surface area contributed by atoms with E-state index in [0.717, 1.165) is 56.6 Å². The van der Waals surface area contributed by atoms with Crippen LogP contribution in [0.3, 0.4) is 0 Å². The molecule has 2 aromatic heterocycles. The van der Waals surface area contributed by atoms with Gasteiger partial charge in [-0.25, -0.2) is 0 Å². The van der Waals surface area contributed by atoms with Crippen LogP contribution in [0.2, 0.25) is 0 Å². The fourth-order valence-electron chi connectivity index (χ4n) is 3.75. The molecule has 0 radical (unpaired) electrons. The van der Waals surface area contributed by atoms with Crippen molar-refractivity contribution < 1.29 is 0 Å². The van der Waals surface area contributed by atoms with Crippen molar-refractivity contribution in [1.82, 2.24) is 24.8 Å². The number of nitrogens with zero attached hydrogens (tertiary/aromatic N) is 6. The van der Waals surface area contributed by atoms with Crippen LogP contribution in [0.25, 0.3) is 5.65 Å². The third-order valence-corrected chi connectivity index (χ3v) is 5.26. The maximum atomic E-state index is 4.86. The Labute approximate surface area is 195 Å². The average Bonchev–Trinajstić information content (AvgIpc) is 3.16. The second-order valence-corrected chi connectivity index (χ2v) is 7.34. The quantitative estimate of drug-likeness (QED) is 0.319. The normalized spacial score (nSPS) is 14.7. The molecule has 7 nitrogen and oxygen atoms in total. The van der Waals surface area contributed by atoms with Gasteiger partial charge in [0.1, 0.15) is 5.82 Å². The van der Waals surface area contributed by atoms with E-state index in [1.54, 1.807) is 0 Å². The predicted molar refractivity (Wildman–Crippen MR) is 133 cm³/mol. The monoisotopic (exact) mass is 519 g/mol. The summed E-state index contributed by atoms with van der Waals surface area (Å²) < 4.78 is 2.03. The standard InChI is InChI=1S/C22H29N7.HI/c1-3-23-22(24-11-10-21-26-25-20-9-4-5-12-29(20)21)28-15-13-27(14-16-28)19-8-6-7-18(2)17-19;/h4-9,12,17H,3,10-11,13-16H2,1-2H3,(H,23,24);1H. The highest BCUT2D eigenvalue weighted by atomic mass is 127. The topological polar surface area (TPSA) is 61.1 Å². The second-order valence-electron chi connectivity index (χ2n) is 7.34. The Kier molecular flexibility index (Phi) is 7.89. The third kappa shape index (κ3) is 5.21. The molecular weight excluding hydrogens is 489 g/mol. The molecule has 1 fully saturated rings. The minimum Gasteiger partial charge on any atom is -0.368 e. The van der Waals surface area contributed by atoms with Crippen LogP contribution in [0.5, 0.6) is 0 Å². The van der Waals surface area contributed by atoms with Gasteiger partial charge in [0.2, 0.25) is 0 Å². The van der Waals surface area contributed by atoms with Crippen LogP contribution < -0.4 is 10.2 Å². The molecule has 3 aromatic rings. The summed E-state index contributed by atoms with van der Waals surface area (Å²) in [6.45, 7) is 9.76. The minimum atomic E-state index is 0. The number of rotatable bonds is 5. The van der Waals surface area contributed by atoms with Crippen molar-refractivity contribution in [2.24, 2.45) is 4.99 Å². The number of piperazine rings is 1. The number of anilines is 1. The van der Waals surface area contributed by atoms with Crippen LogP contribution in [0, 0.1) is 6.92 Å². The Morgan fingerprint density at radius 1 is 1.07 bits per heavy atom. The Bertz CT molecular complexity index is 976. The van der Waals surface area contributed by atoms with Crippen molar-refractivity contribution in [3.63, 3.8) is 0 Å². The van der Waals surface area contributed by atoms with Gasteiger partial charge in [0.25, 0.3) is 0 Å². The van der Waals surface area contributed by atoms with Crippen molar-refractivity contribution in [3.05, 3.63) is 60.0 Å². The molecule has 1 aromatic carbocycles. The average molecular weight is 519 g/mol. The summed E-state index contributed by atoms with van der Waals surface area (Å²) in [7, 11) is 0. The van der Waals surface area contributed by atoms with Gasteiger partial charge >= 0.3 is 0 Å². The molecule has 0 saturated carbocycles. The van der Waals surface area contributed by atoms with Gasteiger partial charge in [-0.15, -0.1) is 34.2 Å². The number of fused-ring (bicyclic) bond motifs is 1. The molecule has 1 N–H and O–H groups in total. The van der Waals surface area contributed by atoms with Gasteiger partial charge in [-0.2, -0.15) is 0 Å². The van der Waals surface area contributed by atoms with Gasteiger partial charge in [-0.3, -0.25) is 9.39 Å². The number of aromatic nitrogens is 3. The summed E-state index contributed by atoms with van der Waals surface area (Å²) in [5, 5.41) is 12.0. The van der Waals surface area contributed by atoms with Gasteiger partial charge < -0.3 is 15.1 Å². The number of aryl methyl sites for hydroxylation is 1. The van der Waals surface area contributed by atoms with E-state index in [0.29, 0.717) is 6.54 Å². The van der Waals surface area contributed by atoms with Crippen molar-refractivity contribution in [2.45, 2.75) is 20.3 Å². The van der Waals surface area contributed by atoms with Crippen LogP contribution in [-0.4, -0.2) is 64.7 Å². The second kappa shape index (κ2) is 10.6. The van der Waals surface area contributed by atoms with Gasteiger partial charge in [-0.1, -0.05) is 18.2 Å². The Balaban J connectivity index is 0.00000256. The lowest BCUT2D eigenvalue weighted by atomic mass is 10.2. The number of hydrogen-bond donors (Lipinski definition) is 1. The van der Waals surface area contributed by atoms with E-state index in [-0.39, 0.29) is 24.0 Å². The number of benzene rings is 1. The fraction of sp³-hybridized carbons (Fsp3) is 0.409. The van der Waals surface area contributed by atoms with E-state index in [9.17, 15) is 0 Å². The molecule has 8 heteroatoms. The molecular formula is C22H30IN7. The SMILES string of the molecule is CCNC(=NCCc1nnc2ccccn12)N1CCN(c2cccc(C)c2)CC1.I. The first-order valence-electron chi connectivity index (χ1n) is 10.4. The minimum absolute atomic E-state index is 0. The molecule has 0 unspecified atom stereocenters. The number of guanidine groups is 1. The lowest BCUT2D eigenvalue weighted by molar-refractivity contribution is 0.372. The molecule has 0 bridgehead atoms. The molecule has 30 heavy (non-hydrogen) atoms. The molecule has 3 heterocycles. The molecule has 0 atom stereocenters. The number of nitrogens with one attached hydrogen (secondary N) is 1. The molecule has 0 spiro atoms. The Morgan fingerprint density at radius 2 is 1.90 bits per heavy atom. The van der Waals surface area contributed by atoms with Crippen LogP contribution in [0.15, 0.2) is 53.7 Å². The molecule has 1 saturated heterocycles. The Hall–Kier alpha value is -2.36. The van der Waals surface area contributed by atoms with E-state index in [4.69, 9.17) is 4.99 Å². The predicted octanol–water partition coefficient (Wildman–Crippen LogP) is 2.99. The molecule has 1 aliphatic heterocycles. The van der Waals surface area contributed by atoms with Crippen molar-refractivity contribution in [2.75, 3.05) is 44.2 Å². The molecule has 160 valence electrons. The van der Waals surface area contributed by atoms with E-state index in [1.807, 2.05) is 28.8 Å². The number of aliphatic imine (C=N–C) groups is 1. The summed E-state index contributed by atoms with van der Waals surface area (Å²) in [4.78, 5) is 9.68. The van der Waals surface area contributed by atoms with E-state index in [1.165, 1.54) is 11.3 Å². The highest BCUT2D eigenvalue weighted by molar-refractivity contribution is 14.0. The zero-order valence-corrected chi connectivity index (χ0v) is 20.0. The van der Waals surface area contributed by atoms with Gasteiger partial charge in [0.15, 0.2) is 11.6 Å². The van der Waals surface area contributed by atoms with Gasteiger partial charge in [0, 0.05) is 57.6 Å². The zero-order chi connectivity index (χ0) is 20.1. The van der Waals surface area contributed by atoms with Gasteiger partial charge in [-0.05, 0) is 43.7 Å². The molecule has 1 aliphatic rings. The summed E-state index contributed by atoms with van der Waals surface area (Å²) in [6.07, 6.45) is 2.77. The number of hydrogen-bond acceptors (Lipinski definition) is 4. The highest BCUT2D eigenvalue weighted by Crippen LogP contribution is 2.17. The molecule has 0 amide bonds. The van der Waals surface area contributed by atoms with Gasteiger partial charge in [0.05, 0.1) is 0 Å². The summed E-state index contributed by atoms with van der Waals surface area (Å²) in [5.74, 6) is 1.94. The first kappa shape index (κ1) is 22.3. The van der Waals surface area contributed by atoms with Crippen molar-refractivity contribution >= 4 is 41.3 Å².